The van der Waals surface area contributed by atoms with Crippen LogP contribution >= 0.6 is 0 Å². The maximum atomic E-state index is 10.8. The number of aromatic carboxylic acids is 1. The summed E-state index contributed by atoms with van der Waals surface area (Å²) in [5.41, 5.74) is 1.34. The van der Waals surface area contributed by atoms with E-state index in [0.29, 0.717) is 11.4 Å². The van der Waals surface area contributed by atoms with E-state index in [1.807, 2.05) is 0 Å². The van der Waals surface area contributed by atoms with E-state index in [0.717, 1.165) is 0 Å². The molecule has 2 heterocycles. The minimum absolute atomic E-state index is 0.0195. The quantitative estimate of drug-likeness (QED) is 0.749. The molecule has 0 aliphatic carbocycles. The lowest BCUT2D eigenvalue weighted by Crippen LogP contribution is -2.08. The normalized spacial score (nSPS) is 10.5. The van der Waals surface area contributed by atoms with Crippen molar-refractivity contribution in [1.29, 1.82) is 0 Å². The first-order chi connectivity index (χ1) is 7.09. The van der Waals surface area contributed by atoms with Gasteiger partial charge in [-0.3, -0.25) is 4.68 Å². The highest BCUT2D eigenvalue weighted by molar-refractivity contribution is 5.85. The molecule has 0 aliphatic rings. The Bertz CT molecular complexity index is 513. The topological polar surface area (TPSA) is 85.8 Å². The molecule has 0 aromatic carbocycles. The van der Waals surface area contributed by atoms with E-state index in [1.165, 1.54) is 10.9 Å². The highest BCUT2D eigenvalue weighted by Gasteiger charge is 2.16. The molecule has 15 heavy (non-hydrogen) atoms. The van der Waals surface area contributed by atoms with Crippen LogP contribution in [0.2, 0.25) is 0 Å². The van der Waals surface area contributed by atoms with E-state index in [9.17, 15) is 4.79 Å². The maximum Gasteiger partial charge on any atom is 0.356 e. The van der Waals surface area contributed by atoms with Crippen LogP contribution in [0.3, 0.4) is 0 Å². The van der Waals surface area contributed by atoms with E-state index in [1.54, 1.807) is 24.9 Å². The Morgan fingerprint density at radius 1 is 1.53 bits per heavy atom. The van der Waals surface area contributed by atoms with Crippen LogP contribution in [0, 0.1) is 6.92 Å². The van der Waals surface area contributed by atoms with Crippen molar-refractivity contribution in [2.24, 2.45) is 7.05 Å². The third-order valence-corrected chi connectivity index (χ3v) is 1.98. The lowest BCUT2D eigenvalue weighted by atomic mass is 10.4. The largest absolute Gasteiger partial charge is 0.476 e. The zero-order chi connectivity index (χ0) is 11.0. The maximum absolute atomic E-state index is 10.8. The van der Waals surface area contributed by atoms with Crippen LogP contribution < -0.4 is 0 Å². The summed E-state index contributed by atoms with van der Waals surface area (Å²) < 4.78 is 2.85. The Labute approximate surface area is 84.9 Å². The zero-order valence-electron chi connectivity index (χ0n) is 8.25. The summed E-state index contributed by atoms with van der Waals surface area (Å²) in [4.78, 5) is 10.8. The summed E-state index contributed by atoms with van der Waals surface area (Å²) in [6.07, 6.45) is 2.89. The van der Waals surface area contributed by atoms with Crippen LogP contribution in [0.5, 0.6) is 0 Å². The Morgan fingerprint density at radius 2 is 2.27 bits per heavy atom. The summed E-state index contributed by atoms with van der Waals surface area (Å²) in [7, 11) is 1.76. The van der Waals surface area contributed by atoms with Gasteiger partial charge in [-0.1, -0.05) is 5.21 Å². The second-order valence-corrected chi connectivity index (χ2v) is 3.11. The molecule has 0 spiro atoms. The highest BCUT2D eigenvalue weighted by atomic mass is 16.4. The molecule has 0 saturated carbocycles. The minimum Gasteiger partial charge on any atom is -0.476 e. The van der Waals surface area contributed by atoms with Crippen molar-refractivity contribution >= 4 is 5.97 Å². The number of hydrogen-bond donors (Lipinski definition) is 1. The molecule has 0 fully saturated rings. The molecule has 0 saturated heterocycles. The van der Waals surface area contributed by atoms with Crippen molar-refractivity contribution in [3.63, 3.8) is 0 Å². The summed E-state index contributed by atoms with van der Waals surface area (Å²) in [5.74, 6) is -1.07. The number of aromatic nitrogens is 5. The van der Waals surface area contributed by atoms with Crippen LogP contribution in [-0.2, 0) is 7.05 Å². The van der Waals surface area contributed by atoms with Crippen LogP contribution in [0.1, 0.15) is 16.2 Å². The average Bonchev–Trinajstić information content (AvgIpc) is 2.71. The number of nitrogens with zero attached hydrogens (tertiary/aromatic N) is 5. The molecule has 0 radical (unpaired) electrons. The predicted molar refractivity (Wildman–Crippen MR) is 49.8 cm³/mol. The van der Waals surface area contributed by atoms with Gasteiger partial charge in [-0.2, -0.15) is 5.10 Å². The number of hydrogen-bond acceptors (Lipinski definition) is 4. The van der Waals surface area contributed by atoms with Gasteiger partial charge >= 0.3 is 5.97 Å². The van der Waals surface area contributed by atoms with E-state index in [2.05, 4.69) is 15.4 Å². The number of carboxylic acid groups (broad SMARTS) is 1. The van der Waals surface area contributed by atoms with Crippen molar-refractivity contribution in [2.45, 2.75) is 6.92 Å². The monoisotopic (exact) mass is 207 g/mol. The summed E-state index contributed by atoms with van der Waals surface area (Å²) in [6.45, 7) is 1.78. The SMILES string of the molecule is Cc1nn(C)cc1-n1nncc1C(=O)O. The molecule has 2 aromatic heterocycles. The van der Waals surface area contributed by atoms with Crippen molar-refractivity contribution in [3.05, 3.63) is 23.8 Å². The fourth-order valence-corrected chi connectivity index (χ4v) is 1.35. The third kappa shape index (κ3) is 1.47. The molecule has 0 atom stereocenters. The second kappa shape index (κ2) is 3.19. The lowest BCUT2D eigenvalue weighted by Gasteiger charge is -1.99. The predicted octanol–water partition coefficient (Wildman–Crippen LogP) is 0.00742. The molecule has 0 amide bonds. The third-order valence-electron chi connectivity index (χ3n) is 1.98. The molecular formula is C8H9N5O2. The molecule has 2 rings (SSSR count). The lowest BCUT2D eigenvalue weighted by molar-refractivity contribution is 0.0687. The molecule has 0 aliphatic heterocycles. The van der Waals surface area contributed by atoms with Gasteiger partial charge in [-0.05, 0) is 6.92 Å². The van der Waals surface area contributed by atoms with Gasteiger partial charge in [0, 0.05) is 7.05 Å². The fourth-order valence-electron chi connectivity index (χ4n) is 1.35. The van der Waals surface area contributed by atoms with E-state index in [4.69, 9.17) is 5.11 Å². The highest BCUT2D eigenvalue weighted by Crippen LogP contribution is 2.12. The Balaban J connectivity index is 2.58. The Morgan fingerprint density at radius 3 is 2.80 bits per heavy atom. The standard InChI is InChI=1S/C8H9N5O2/c1-5-7(4-12(2)10-5)13-6(8(14)15)3-9-11-13/h3-4H,1-2H3,(H,14,15). The van der Waals surface area contributed by atoms with E-state index >= 15 is 0 Å². The summed E-state index contributed by atoms with van der Waals surface area (Å²) >= 11 is 0. The van der Waals surface area contributed by atoms with Crippen molar-refractivity contribution in [1.82, 2.24) is 24.8 Å². The first-order valence-corrected chi connectivity index (χ1v) is 4.24. The van der Waals surface area contributed by atoms with Crippen molar-refractivity contribution < 1.29 is 9.90 Å². The van der Waals surface area contributed by atoms with Gasteiger partial charge in [0.15, 0.2) is 5.69 Å². The Hall–Kier alpha value is -2.18. The van der Waals surface area contributed by atoms with E-state index < -0.39 is 5.97 Å². The number of carboxylic acids is 1. The fraction of sp³-hybridized carbons (Fsp3) is 0.250. The molecule has 2 aromatic rings. The number of carbonyl (C=O) groups is 1. The molecule has 0 bridgehead atoms. The summed E-state index contributed by atoms with van der Waals surface area (Å²) in [6, 6.07) is 0. The van der Waals surface area contributed by atoms with Gasteiger partial charge < -0.3 is 5.11 Å². The second-order valence-electron chi connectivity index (χ2n) is 3.11. The van der Waals surface area contributed by atoms with Crippen molar-refractivity contribution in [2.75, 3.05) is 0 Å². The van der Waals surface area contributed by atoms with Gasteiger partial charge in [-0.15, -0.1) is 5.10 Å². The first kappa shape index (κ1) is 9.38. The van der Waals surface area contributed by atoms with Crippen LogP contribution in [0.25, 0.3) is 5.69 Å². The first-order valence-electron chi connectivity index (χ1n) is 4.24. The van der Waals surface area contributed by atoms with Crippen LogP contribution in [0.4, 0.5) is 0 Å². The molecule has 78 valence electrons. The van der Waals surface area contributed by atoms with Gasteiger partial charge in [-0.25, -0.2) is 9.48 Å². The van der Waals surface area contributed by atoms with Crippen molar-refractivity contribution in [3.8, 4) is 5.69 Å². The van der Waals surface area contributed by atoms with Crippen LogP contribution in [0.15, 0.2) is 12.4 Å². The minimum atomic E-state index is -1.07. The molecule has 7 nitrogen and oxygen atoms in total. The molecule has 0 unspecified atom stereocenters. The van der Waals surface area contributed by atoms with Gasteiger partial charge in [0.2, 0.25) is 0 Å². The zero-order valence-corrected chi connectivity index (χ0v) is 8.25. The molecule has 7 heteroatoms. The van der Waals surface area contributed by atoms with Gasteiger partial charge in [0.25, 0.3) is 0 Å². The van der Waals surface area contributed by atoms with E-state index in [-0.39, 0.29) is 5.69 Å². The van der Waals surface area contributed by atoms with Gasteiger partial charge in [0.1, 0.15) is 5.69 Å². The molecular weight excluding hydrogens is 198 g/mol. The van der Waals surface area contributed by atoms with Gasteiger partial charge in [0.05, 0.1) is 18.1 Å². The smallest absolute Gasteiger partial charge is 0.356 e. The summed E-state index contributed by atoms with van der Waals surface area (Å²) in [5, 5.41) is 20.3. The van der Waals surface area contributed by atoms with Crippen LogP contribution in [-0.4, -0.2) is 35.9 Å². The average molecular weight is 207 g/mol. The number of aryl methyl sites for hydroxylation is 2. The molecule has 1 N–H and O–H groups in total. The number of rotatable bonds is 2. The Kier molecular flexibility index (Phi) is 2.00.